The third kappa shape index (κ3) is 4.42. The number of likely N-dealkylation sites (N-methyl/N-ethyl adjacent to an activating group) is 1. The molecule has 0 radical (unpaired) electrons. The third-order valence-electron chi connectivity index (χ3n) is 3.49. The normalized spacial score (nSPS) is 15.8. The molecule has 1 aromatic rings. The number of carbonyl (C=O) groups excluding carboxylic acids is 1. The van der Waals surface area contributed by atoms with Gasteiger partial charge in [0.25, 0.3) is 0 Å². The van der Waals surface area contributed by atoms with Gasteiger partial charge in [-0.25, -0.2) is 4.79 Å². The molecule has 0 aromatic heterocycles. The topological polar surface area (TPSA) is 52.6 Å². The van der Waals surface area contributed by atoms with Crippen molar-refractivity contribution in [2.45, 2.75) is 24.7 Å². The number of carbonyl (C=O) groups is 1. The summed E-state index contributed by atoms with van der Waals surface area (Å²) in [5, 5.41) is 12.7. The molecule has 5 heteroatoms. The van der Waals surface area contributed by atoms with Gasteiger partial charge in [0.1, 0.15) is 0 Å². The van der Waals surface area contributed by atoms with Gasteiger partial charge in [-0.05, 0) is 42.7 Å². The Kier molecular flexibility index (Phi) is 5.31. The van der Waals surface area contributed by atoms with Crippen LogP contribution in [0.3, 0.4) is 0 Å². The van der Waals surface area contributed by atoms with E-state index in [0.29, 0.717) is 12.5 Å². The summed E-state index contributed by atoms with van der Waals surface area (Å²) in [6.45, 7) is 0.390. The number of aliphatic hydroxyl groups is 1. The Morgan fingerprint density at radius 2 is 2.10 bits per heavy atom. The minimum atomic E-state index is -0.394. The van der Waals surface area contributed by atoms with Crippen LogP contribution < -0.4 is 5.32 Å². The number of thioether (sulfide) groups is 1. The Hall–Kier alpha value is -1.20. The Labute approximate surface area is 124 Å². The first kappa shape index (κ1) is 15.2. The molecule has 0 spiro atoms. The highest BCUT2D eigenvalue weighted by atomic mass is 32.2. The summed E-state index contributed by atoms with van der Waals surface area (Å²) in [6, 6.07) is 7.68. The molecule has 2 rings (SSSR count). The van der Waals surface area contributed by atoms with Crippen LogP contribution >= 0.6 is 11.8 Å². The number of amides is 2. The summed E-state index contributed by atoms with van der Waals surface area (Å²) in [5.41, 5.74) is 2.03. The number of aliphatic hydroxyl groups excluding tert-OH is 1. The largest absolute Gasteiger partial charge is 0.391 e. The molecule has 1 aliphatic rings. The molecule has 4 nitrogen and oxygen atoms in total. The molecule has 1 aromatic carbocycles. The second-order valence-corrected chi connectivity index (χ2v) is 6.21. The summed E-state index contributed by atoms with van der Waals surface area (Å²) in [7, 11) is 1.71. The zero-order valence-corrected chi connectivity index (χ0v) is 12.8. The molecule has 110 valence electrons. The highest BCUT2D eigenvalue weighted by Crippen LogP contribution is 2.32. The standard InChI is InChI=1S/C15H22N2O2S/c1-17(9-14(18)12-5-6-12)15(19)16-13-7-3-11(4-8-13)10-20-2/h3-4,7-8,12,14,18H,5-6,9-10H2,1-2H3,(H,16,19). The van der Waals surface area contributed by atoms with Crippen LogP contribution in [-0.2, 0) is 5.75 Å². The van der Waals surface area contributed by atoms with E-state index in [1.54, 1.807) is 23.7 Å². The summed E-state index contributed by atoms with van der Waals surface area (Å²) >= 11 is 1.77. The minimum absolute atomic E-state index is 0.178. The smallest absolute Gasteiger partial charge is 0.321 e. The van der Waals surface area contributed by atoms with Gasteiger partial charge in [0.15, 0.2) is 0 Å². The van der Waals surface area contributed by atoms with Crippen molar-refractivity contribution >= 4 is 23.5 Å². The lowest BCUT2D eigenvalue weighted by atomic mass is 10.2. The number of benzene rings is 1. The van der Waals surface area contributed by atoms with Gasteiger partial charge in [-0.1, -0.05) is 12.1 Å². The number of anilines is 1. The van der Waals surface area contributed by atoms with Gasteiger partial charge in [0.2, 0.25) is 0 Å². The molecule has 1 saturated carbocycles. The highest BCUT2D eigenvalue weighted by Gasteiger charge is 2.31. The van der Waals surface area contributed by atoms with Crippen LogP contribution in [0.25, 0.3) is 0 Å². The lowest BCUT2D eigenvalue weighted by Crippen LogP contribution is -2.37. The summed E-state index contributed by atoms with van der Waals surface area (Å²) in [6.07, 6.45) is 3.83. The van der Waals surface area contributed by atoms with Gasteiger partial charge in [0, 0.05) is 25.0 Å². The van der Waals surface area contributed by atoms with Gasteiger partial charge < -0.3 is 15.3 Å². The molecule has 20 heavy (non-hydrogen) atoms. The van der Waals surface area contributed by atoms with Crippen LogP contribution in [0.15, 0.2) is 24.3 Å². The first-order chi connectivity index (χ1) is 9.60. The molecule has 1 atom stereocenters. The van der Waals surface area contributed by atoms with E-state index in [4.69, 9.17) is 0 Å². The van der Waals surface area contributed by atoms with Crippen molar-refractivity contribution in [1.29, 1.82) is 0 Å². The maximum absolute atomic E-state index is 12.0. The monoisotopic (exact) mass is 294 g/mol. The SMILES string of the molecule is CSCc1ccc(NC(=O)N(C)CC(O)C2CC2)cc1. The second-order valence-electron chi connectivity index (χ2n) is 5.35. The van der Waals surface area contributed by atoms with E-state index in [0.717, 1.165) is 24.3 Å². The molecule has 0 aliphatic heterocycles. The van der Waals surface area contributed by atoms with Crippen LogP contribution in [0.1, 0.15) is 18.4 Å². The number of nitrogens with one attached hydrogen (secondary N) is 1. The predicted octanol–water partition coefficient (Wildman–Crippen LogP) is 2.78. The molecule has 0 bridgehead atoms. The second kappa shape index (κ2) is 6.99. The Morgan fingerprint density at radius 1 is 1.45 bits per heavy atom. The molecular weight excluding hydrogens is 272 g/mol. The van der Waals surface area contributed by atoms with E-state index in [-0.39, 0.29) is 6.03 Å². The zero-order valence-electron chi connectivity index (χ0n) is 12.0. The first-order valence-electron chi connectivity index (χ1n) is 6.88. The number of rotatable bonds is 6. The number of urea groups is 1. The van der Waals surface area contributed by atoms with Crippen molar-refractivity contribution < 1.29 is 9.90 Å². The van der Waals surface area contributed by atoms with Crippen molar-refractivity contribution in [3.8, 4) is 0 Å². The lowest BCUT2D eigenvalue weighted by Gasteiger charge is -2.21. The van der Waals surface area contributed by atoms with E-state index < -0.39 is 6.10 Å². The fourth-order valence-electron chi connectivity index (χ4n) is 2.06. The van der Waals surface area contributed by atoms with E-state index in [9.17, 15) is 9.90 Å². The average molecular weight is 294 g/mol. The van der Waals surface area contributed by atoms with Crippen LogP contribution in [-0.4, -0.2) is 42.0 Å². The fourth-order valence-corrected chi connectivity index (χ4v) is 2.59. The Morgan fingerprint density at radius 3 is 2.65 bits per heavy atom. The van der Waals surface area contributed by atoms with Crippen LogP contribution in [0.2, 0.25) is 0 Å². The quantitative estimate of drug-likeness (QED) is 0.848. The van der Waals surface area contributed by atoms with Crippen LogP contribution in [0.4, 0.5) is 10.5 Å². The van der Waals surface area contributed by atoms with Crippen molar-refractivity contribution in [1.82, 2.24) is 4.90 Å². The van der Waals surface area contributed by atoms with Crippen molar-refractivity contribution in [3.63, 3.8) is 0 Å². The van der Waals surface area contributed by atoms with Crippen LogP contribution in [0.5, 0.6) is 0 Å². The number of hydrogen-bond acceptors (Lipinski definition) is 3. The lowest BCUT2D eigenvalue weighted by molar-refractivity contribution is 0.117. The summed E-state index contributed by atoms with van der Waals surface area (Å²) < 4.78 is 0. The molecule has 1 aliphatic carbocycles. The molecule has 1 fully saturated rings. The predicted molar refractivity (Wildman–Crippen MR) is 84.0 cm³/mol. The van der Waals surface area contributed by atoms with E-state index in [1.165, 1.54) is 5.56 Å². The van der Waals surface area contributed by atoms with Gasteiger partial charge in [-0.15, -0.1) is 0 Å². The van der Waals surface area contributed by atoms with Crippen molar-refractivity contribution in [2.24, 2.45) is 5.92 Å². The molecule has 0 saturated heterocycles. The summed E-state index contributed by atoms with van der Waals surface area (Å²) in [5.74, 6) is 1.36. The first-order valence-corrected chi connectivity index (χ1v) is 8.27. The van der Waals surface area contributed by atoms with E-state index >= 15 is 0 Å². The van der Waals surface area contributed by atoms with Gasteiger partial charge >= 0.3 is 6.03 Å². The maximum Gasteiger partial charge on any atom is 0.321 e. The highest BCUT2D eigenvalue weighted by molar-refractivity contribution is 7.97. The fraction of sp³-hybridized carbons (Fsp3) is 0.533. The molecule has 2 N–H and O–H groups in total. The Balaban J connectivity index is 1.83. The average Bonchev–Trinajstić information content (AvgIpc) is 3.25. The van der Waals surface area contributed by atoms with Gasteiger partial charge in [-0.2, -0.15) is 11.8 Å². The Bertz CT molecular complexity index is 446. The summed E-state index contributed by atoms with van der Waals surface area (Å²) in [4.78, 5) is 13.5. The number of hydrogen-bond donors (Lipinski definition) is 2. The van der Waals surface area contributed by atoms with Crippen molar-refractivity contribution in [2.75, 3.05) is 25.2 Å². The van der Waals surface area contributed by atoms with Gasteiger partial charge in [0.05, 0.1) is 6.10 Å². The maximum atomic E-state index is 12.0. The van der Waals surface area contributed by atoms with Crippen molar-refractivity contribution in [3.05, 3.63) is 29.8 Å². The van der Waals surface area contributed by atoms with E-state index in [1.807, 2.05) is 24.3 Å². The molecule has 2 amide bonds. The van der Waals surface area contributed by atoms with E-state index in [2.05, 4.69) is 11.6 Å². The molecule has 0 heterocycles. The zero-order chi connectivity index (χ0) is 14.5. The third-order valence-corrected chi connectivity index (χ3v) is 4.11. The molecular formula is C15H22N2O2S. The van der Waals surface area contributed by atoms with Crippen LogP contribution in [0, 0.1) is 5.92 Å². The van der Waals surface area contributed by atoms with Gasteiger partial charge in [-0.3, -0.25) is 0 Å². The minimum Gasteiger partial charge on any atom is -0.391 e. The number of nitrogens with zero attached hydrogens (tertiary/aromatic N) is 1. The molecule has 1 unspecified atom stereocenters.